The van der Waals surface area contributed by atoms with E-state index < -0.39 is 53.6 Å². The topological polar surface area (TPSA) is 224 Å². The zero-order chi connectivity index (χ0) is 23.9. The standard InChI is InChI=1S/C9H10O6.C6H6O4.C3H4O2/c10-7(11)4-1-2-5(8(12)13)6(3-4)9(14)15;7-5(8)3-1-2-4-6(9)10;1-2-3(4)5/h1-2,4-6H,3H2,(H,10,11)(H,12,13)(H,14,15);1-4H,(H,7,8)(H,9,10);2H,1H2,(H,4,5)/b;3-1+,4-2+;. The molecular weight excluding hydrogens is 408 g/mol. The van der Waals surface area contributed by atoms with Crippen molar-refractivity contribution in [3.63, 3.8) is 0 Å². The SMILES string of the molecule is C=CC(=O)O.O=C(O)/C=C/C=C/C(=O)O.O=C(O)C1C=CC(C(=O)O)C(C(=O)O)C1. The van der Waals surface area contributed by atoms with E-state index in [2.05, 4.69) is 6.58 Å². The third kappa shape index (κ3) is 13.9. The average molecular weight is 428 g/mol. The maximum atomic E-state index is 10.7. The predicted molar refractivity (Wildman–Crippen MR) is 98.5 cm³/mol. The van der Waals surface area contributed by atoms with Crippen molar-refractivity contribution in [1.82, 2.24) is 0 Å². The molecule has 0 spiro atoms. The fourth-order valence-corrected chi connectivity index (χ4v) is 1.85. The fraction of sp³-hybridized carbons (Fsp3) is 0.222. The van der Waals surface area contributed by atoms with Crippen molar-refractivity contribution in [3.8, 4) is 0 Å². The minimum Gasteiger partial charge on any atom is -0.481 e. The number of allylic oxidation sites excluding steroid dienone is 2. The monoisotopic (exact) mass is 428 g/mol. The first kappa shape index (κ1) is 28.0. The van der Waals surface area contributed by atoms with Gasteiger partial charge in [0.05, 0.1) is 17.8 Å². The Labute approximate surface area is 169 Å². The van der Waals surface area contributed by atoms with Crippen LogP contribution < -0.4 is 0 Å². The highest BCUT2D eigenvalue weighted by Gasteiger charge is 2.38. The summed E-state index contributed by atoms with van der Waals surface area (Å²) in [6.45, 7) is 2.96. The molecule has 0 aromatic carbocycles. The van der Waals surface area contributed by atoms with Gasteiger partial charge < -0.3 is 30.6 Å². The maximum absolute atomic E-state index is 10.7. The van der Waals surface area contributed by atoms with Crippen molar-refractivity contribution in [3.05, 3.63) is 49.1 Å². The van der Waals surface area contributed by atoms with Gasteiger partial charge in [0.1, 0.15) is 0 Å². The third-order valence-electron chi connectivity index (χ3n) is 3.17. The van der Waals surface area contributed by atoms with E-state index in [1.165, 1.54) is 6.08 Å². The van der Waals surface area contributed by atoms with E-state index in [0.29, 0.717) is 0 Å². The Balaban J connectivity index is 0. The summed E-state index contributed by atoms with van der Waals surface area (Å²) in [5.41, 5.74) is 0. The molecule has 3 atom stereocenters. The van der Waals surface area contributed by atoms with Gasteiger partial charge >= 0.3 is 35.8 Å². The molecule has 3 unspecified atom stereocenters. The molecule has 1 aliphatic carbocycles. The van der Waals surface area contributed by atoms with E-state index in [0.717, 1.165) is 36.5 Å². The molecule has 0 aromatic heterocycles. The molecule has 0 saturated heterocycles. The van der Waals surface area contributed by atoms with Crippen LogP contribution in [0.3, 0.4) is 0 Å². The van der Waals surface area contributed by atoms with Crippen LogP contribution in [0.1, 0.15) is 6.42 Å². The summed E-state index contributed by atoms with van der Waals surface area (Å²) in [5, 5.41) is 49.8. The molecule has 1 aliphatic rings. The molecule has 0 fully saturated rings. The second-order valence-electron chi connectivity index (χ2n) is 5.31. The van der Waals surface area contributed by atoms with Crippen LogP contribution in [0.4, 0.5) is 0 Å². The van der Waals surface area contributed by atoms with E-state index in [-0.39, 0.29) is 6.42 Å². The summed E-state index contributed by atoms with van der Waals surface area (Å²) in [6, 6.07) is 0. The fourth-order valence-electron chi connectivity index (χ4n) is 1.85. The van der Waals surface area contributed by atoms with Crippen molar-refractivity contribution in [2.75, 3.05) is 0 Å². The van der Waals surface area contributed by atoms with Crippen LogP contribution in [0.15, 0.2) is 49.1 Å². The zero-order valence-electron chi connectivity index (χ0n) is 15.3. The molecule has 30 heavy (non-hydrogen) atoms. The number of aliphatic carboxylic acids is 6. The van der Waals surface area contributed by atoms with Crippen molar-refractivity contribution in [2.24, 2.45) is 17.8 Å². The number of hydrogen-bond donors (Lipinski definition) is 6. The van der Waals surface area contributed by atoms with Gasteiger partial charge in [0, 0.05) is 18.2 Å². The van der Waals surface area contributed by atoms with Crippen LogP contribution in [0.25, 0.3) is 0 Å². The largest absolute Gasteiger partial charge is 0.481 e. The molecule has 164 valence electrons. The number of rotatable bonds is 7. The molecule has 0 saturated carbocycles. The highest BCUT2D eigenvalue weighted by atomic mass is 16.4. The van der Waals surface area contributed by atoms with Crippen LogP contribution in [0.5, 0.6) is 0 Å². The molecule has 0 aromatic rings. The second-order valence-corrected chi connectivity index (χ2v) is 5.31. The van der Waals surface area contributed by atoms with Crippen LogP contribution in [0, 0.1) is 17.8 Å². The summed E-state index contributed by atoms with van der Waals surface area (Å²) >= 11 is 0. The lowest BCUT2D eigenvalue weighted by Crippen LogP contribution is -2.34. The maximum Gasteiger partial charge on any atom is 0.328 e. The summed E-state index contributed by atoms with van der Waals surface area (Å²) in [5.74, 6) is -10.1. The van der Waals surface area contributed by atoms with Gasteiger partial charge in [-0.15, -0.1) is 0 Å². The van der Waals surface area contributed by atoms with Gasteiger partial charge in [-0.2, -0.15) is 0 Å². The van der Waals surface area contributed by atoms with Crippen LogP contribution >= 0.6 is 0 Å². The molecule has 0 heterocycles. The third-order valence-corrected chi connectivity index (χ3v) is 3.17. The summed E-state index contributed by atoms with van der Waals surface area (Å²) in [6.07, 6.45) is 6.99. The Morgan fingerprint density at radius 2 is 1.13 bits per heavy atom. The Morgan fingerprint density at radius 3 is 1.40 bits per heavy atom. The van der Waals surface area contributed by atoms with Crippen LogP contribution in [-0.2, 0) is 28.8 Å². The highest BCUT2D eigenvalue weighted by Crippen LogP contribution is 2.29. The van der Waals surface area contributed by atoms with Gasteiger partial charge in [0.2, 0.25) is 0 Å². The highest BCUT2D eigenvalue weighted by molar-refractivity contribution is 5.84. The first-order chi connectivity index (χ1) is 13.8. The van der Waals surface area contributed by atoms with E-state index in [4.69, 9.17) is 30.6 Å². The first-order valence-electron chi connectivity index (χ1n) is 7.86. The lowest BCUT2D eigenvalue weighted by molar-refractivity contribution is -0.154. The van der Waals surface area contributed by atoms with Gasteiger partial charge in [0.15, 0.2) is 0 Å². The van der Waals surface area contributed by atoms with E-state index >= 15 is 0 Å². The van der Waals surface area contributed by atoms with Gasteiger partial charge in [-0.1, -0.05) is 30.9 Å². The van der Waals surface area contributed by atoms with Crippen molar-refractivity contribution in [2.45, 2.75) is 6.42 Å². The summed E-state index contributed by atoms with van der Waals surface area (Å²) in [7, 11) is 0. The Hall–Kier alpha value is -4.22. The average Bonchev–Trinajstić information content (AvgIpc) is 2.65. The molecule has 0 radical (unpaired) electrons. The molecule has 0 bridgehead atoms. The lowest BCUT2D eigenvalue weighted by Gasteiger charge is -2.24. The number of hydrogen-bond acceptors (Lipinski definition) is 6. The van der Waals surface area contributed by atoms with Crippen LogP contribution in [0.2, 0.25) is 0 Å². The van der Waals surface area contributed by atoms with Gasteiger partial charge in [-0.05, 0) is 6.42 Å². The van der Waals surface area contributed by atoms with Crippen molar-refractivity contribution < 1.29 is 59.4 Å². The molecule has 1 rings (SSSR count). The normalized spacial score (nSPS) is 19.5. The quantitative estimate of drug-likeness (QED) is 0.186. The van der Waals surface area contributed by atoms with Gasteiger partial charge in [-0.25, -0.2) is 14.4 Å². The molecule has 0 aliphatic heterocycles. The summed E-state index contributed by atoms with van der Waals surface area (Å²) in [4.78, 5) is 60.8. The second kappa shape index (κ2) is 14.8. The van der Waals surface area contributed by atoms with E-state index in [9.17, 15) is 28.8 Å². The van der Waals surface area contributed by atoms with Crippen molar-refractivity contribution in [1.29, 1.82) is 0 Å². The molecule has 12 nitrogen and oxygen atoms in total. The molecule has 0 amide bonds. The Morgan fingerprint density at radius 1 is 0.700 bits per heavy atom. The Kier molecular flexibility index (Phi) is 13.8. The number of carboxylic acids is 6. The van der Waals surface area contributed by atoms with Crippen molar-refractivity contribution >= 4 is 35.8 Å². The predicted octanol–water partition coefficient (Wildman–Crippen LogP) is 0.574. The lowest BCUT2D eigenvalue weighted by atomic mass is 9.79. The van der Waals surface area contributed by atoms with Crippen LogP contribution in [-0.4, -0.2) is 66.5 Å². The zero-order valence-corrected chi connectivity index (χ0v) is 15.3. The minimum absolute atomic E-state index is 0.182. The summed E-state index contributed by atoms with van der Waals surface area (Å²) < 4.78 is 0. The van der Waals surface area contributed by atoms with E-state index in [1.54, 1.807) is 0 Å². The first-order valence-corrected chi connectivity index (χ1v) is 7.86. The van der Waals surface area contributed by atoms with Gasteiger partial charge in [0.25, 0.3) is 0 Å². The number of carbonyl (C=O) groups is 6. The van der Waals surface area contributed by atoms with E-state index in [1.807, 2.05) is 0 Å². The van der Waals surface area contributed by atoms with Gasteiger partial charge in [-0.3, -0.25) is 14.4 Å². The Bertz CT molecular complexity index is 737. The molecule has 6 N–H and O–H groups in total. The minimum atomic E-state index is -1.28. The smallest absolute Gasteiger partial charge is 0.328 e. The number of carboxylic acid groups (broad SMARTS) is 6. The molecule has 12 heteroatoms. The molecular formula is C18H20O12.